The number of rotatable bonds is 4. The average molecular weight is 331 g/mol. The van der Waals surface area contributed by atoms with Crippen molar-refractivity contribution in [1.82, 2.24) is 14.7 Å². The van der Waals surface area contributed by atoms with Gasteiger partial charge in [-0.1, -0.05) is 30.3 Å². The van der Waals surface area contributed by atoms with Crippen LogP contribution in [0.2, 0.25) is 0 Å². The Balaban J connectivity index is 1.58. The van der Waals surface area contributed by atoms with Gasteiger partial charge in [-0.15, -0.1) is 0 Å². The number of aliphatic hydroxyl groups excluding tert-OH is 1. The summed E-state index contributed by atoms with van der Waals surface area (Å²) in [6.45, 7) is 3.60. The molecule has 0 saturated carbocycles. The van der Waals surface area contributed by atoms with E-state index in [9.17, 15) is 9.59 Å². The van der Waals surface area contributed by atoms with Crippen LogP contribution < -0.4 is 0 Å². The summed E-state index contributed by atoms with van der Waals surface area (Å²) in [5.41, 5.74) is 1.16. The molecule has 1 atom stereocenters. The van der Waals surface area contributed by atoms with Crippen LogP contribution in [0.15, 0.2) is 30.3 Å². The second kappa shape index (κ2) is 7.77. The average Bonchev–Trinajstić information content (AvgIpc) is 2.64. The largest absolute Gasteiger partial charge is 0.387 e. The Kier molecular flexibility index (Phi) is 5.48. The molecule has 0 radical (unpaired) electrons. The summed E-state index contributed by atoms with van der Waals surface area (Å²) >= 11 is 0. The highest BCUT2D eigenvalue weighted by molar-refractivity contribution is 5.82. The normalized spacial score (nSPS) is 22.7. The predicted molar refractivity (Wildman–Crippen MR) is 90.1 cm³/mol. The zero-order chi connectivity index (χ0) is 16.9. The molecule has 2 amide bonds. The Morgan fingerprint density at radius 3 is 2.46 bits per heavy atom. The number of amides is 2. The smallest absolute Gasteiger partial charge is 0.248 e. The standard InChI is InChI=1S/C18H25N3O3/c22-14-17(23)20-11-9-19(10-12-20)16-7-4-8-21(18(16)24)13-15-5-2-1-3-6-15/h1-3,5-6,16,22H,4,7-14H2/t16-/m0/s1. The number of piperazine rings is 1. The first kappa shape index (κ1) is 16.9. The predicted octanol–water partition coefficient (Wildman–Crippen LogP) is 0.314. The molecule has 6 heteroatoms. The van der Waals surface area contributed by atoms with E-state index >= 15 is 0 Å². The zero-order valence-corrected chi connectivity index (χ0v) is 13.9. The molecule has 2 aliphatic heterocycles. The number of hydrogen-bond acceptors (Lipinski definition) is 4. The van der Waals surface area contributed by atoms with Gasteiger partial charge in [-0.25, -0.2) is 0 Å². The SMILES string of the molecule is O=C(CO)N1CCN([C@H]2CCCN(Cc3ccccc3)C2=O)CC1. The molecule has 1 N–H and O–H groups in total. The second-order valence-corrected chi connectivity index (χ2v) is 6.48. The van der Waals surface area contributed by atoms with Crippen LogP contribution in [0.25, 0.3) is 0 Å². The van der Waals surface area contributed by atoms with E-state index in [0.29, 0.717) is 32.7 Å². The van der Waals surface area contributed by atoms with Crippen molar-refractivity contribution < 1.29 is 14.7 Å². The van der Waals surface area contributed by atoms with Gasteiger partial charge in [0, 0.05) is 39.3 Å². The van der Waals surface area contributed by atoms with Gasteiger partial charge in [-0.3, -0.25) is 14.5 Å². The van der Waals surface area contributed by atoms with Crippen LogP contribution in [0.5, 0.6) is 0 Å². The van der Waals surface area contributed by atoms with Crippen LogP contribution in [-0.4, -0.2) is 77.0 Å². The number of benzene rings is 1. The first-order valence-corrected chi connectivity index (χ1v) is 8.64. The molecule has 2 heterocycles. The summed E-state index contributed by atoms with van der Waals surface area (Å²) in [6, 6.07) is 10.0. The highest BCUT2D eigenvalue weighted by Crippen LogP contribution is 2.21. The topological polar surface area (TPSA) is 64.1 Å². The summed E-state index contributed by atoms with van der Waals surface area (Å²) in [4.78, 5) is 30.2. The molecule has 0 spiro atoms. The molecule has 2 saturated heterocycles. The minimum atomic E-state index is -0.437. The van der Waals surface area contributed by atoms with Crippen LogP contribution in [0.3, 0.4) is 0 Å². The summed E-state index contributed by atoms with van der Waals surface area (Å²) < 4.78 is 0. The van der Waals surface area contributed by atoms with Crippen molar-refractivity contribution in [3.05, 3.63) is 35.9 Å². The molecule has 1 aromatic carbocycles. The number of likely N-dealkylation sites (tertiary alicyclic amines) is 1. The number of piperidine rings is 1. The molecular weight excluding hydrogens is 306 g/mol. The number of nitrogens with zero attached hydrogens (tertiary/aromatic N) is 3. The first-order chi connectivity index (χ1) is 11.7. The van der Waals surface area contributed by atoms with Crippen molar-refractivity contribution in [2.75, 3.05) is 39.3 Å². The quantitative estimate of drug-likeness (QED) is 0.863. The summed E-state index contributed by atoms with van der Waals surface area (Å²) in [7, 11) is 0. The van der Waals surface area contributed by atoms with E-state index in [0.717, 1.165) is 24.9 Å². The molecule has 3 rings (SSSR count). The Bertz CT molecular complexity index is 570. The summed E-state index contributed by atoms with van der Waals surface area (Å²) in [6.07, 6.45) is 1.90. The van der Waals surface area contributed by atoms with Crippen LogP contribution in [0, 0.1) is 0 Å². The maximum absolute atomic E-state index is 12.9. The van der Waals surface area contributed by atoms with Gasteiger partial charge in [0.2, 0.25) is 11.8 Å². The molecule has 0 aromatic heterocycles. The van der Waals surface area contributed by atoms with Crippen molar-refractivity contribution in [3.63, 3.8) is 0 Å². The van der Waals surface area contributed by atoms with Crippen molar-refractivity contribution >= 4 is 11.8 Å². The van der Waals surface area contributed by atoms with E-state index in [4.69, 9.17) is 5.11 Å². The maximum atomic E-state index is 12.9. The van der Waals surface area contributed by atoms with Crippen molar-refractivity contribution in [2.24, 2.45) is 0 Å². The highest BCUT2D eigenvalue weighted by Gasteiger charge is 2.35. The first-order valence-electron chi connectivity index (χ1n) is 8.64. The van der Waals surface area contributed by atoms with E-state index < -0.39 is 6.61 Å². The van der Waals surface area contributed by atoms with E-state index in [1.807, 2.05) is 23.1 Å². The van der Waals surface area contributed by atoms with Gasteiger partial charge in [0.25, 0.3) is 0 Å². The monoisotopic (exact) mass is 331 g/mol. The van der Waals surface area contributed by atoms with Crippen molar-refractivity contribution in [1.29, 1.82) is 0 Å². The Morgan fingerprint density at radius 1 is 1.08 bits per heavy atom. The van der Waals surface area contributed by atoms with E-state index in [1.165, 1.54) is 0 Å². The minimum Gasteiger partial charge on any atom is -0.387 e. The van der Waals surface area contributed by atoms with Gasteiger partial charge in [0.05, 0.1) is 6.04 Å². The van der Waals surface area contributed by atoms with Crippen molar-refractivity contribution in [3.8, 4) is 0 Å². The molecule has 24 heavy (non-hydrogen) atoms. The van der Waals surface area contributed by atoms with Crippen LogP contribution in [0.4, 0.5) is 0 Å². The molecule has 130 valence electrons. The maximum Gasteiger partial charge on any atom is 0.248 e. The van der Waals surface area contributed by atoms with E-state index in [2.05, 4.69) is 17.0 Å². The number of carbonyl (C=O) groups excluding carboxylic acids is 2. The zero-order valence-electron chi connectivity index (χ0n) is 13.9. The number of hydrogen-bond donors (Lipinski definition) is 1. The second-order valence-electron chi connectivity index (χ2n) is 6.48. The Labute approximate surface area is 142 Å². The lowest BCUT2D eigenvalue weighted by Crippen LogP contribution is -2.58. The third kappa shape index (κ3) is 3.76. The number of carbonyl (C=O) groups is 2. The van der Waals surface area contributed by atoms with E-state index in [-0.39, 0.29) is 17.9 Å². The van der Waals surface area contributed by atoms with Crippen LogP contribution >= 0.6 is 0 Å². The Hall–Kier alpha value is -1.92. The molecule has 0 bridgehead atoms. The fraction of sp³-hybridized carbons (Fsp3) is 0.556. The van der Waals surface area contributed by atoms with Gasteiger partial charge in [0.15, 0.2) is 0 Å². The van der Waals surface area contributed by atoms with Crippen LogP contribution in [0.1, 0.15) is 18.4 Å². The van der Waals surface area contributed by atoms with Gasteiger partial charge in [0.1, 0.15) is 6.61 Å². The van der Waals surface area contributed by atoms with Crippen molar-refractivity contribution in [2.45, 2.75) is 25.4 Å². The third-order valence-corrected chi connectivity index (χ3v) is 4.96. The Morgan fingerprint density at radius 2 is 1.79 bits per heavy atom. The molecule has 6 nitrogen and oxygen atoms in total. The van der Waals surface area contributed by atoms with Gasteiger partial charge in [-0.2, -0.15) is 0 Å². The third-order valence-electron chi connectivity index (χ3n) is 4.96. The fourth-order valence-corrected chi connectivity index (χ4v) is 3.60. The van der Waals surface area contributed by atoms with Crippen LogP contribution in [-0.2, 0) is 16.1 Å². The highest BCUT2D eigenvalue weighted by atomic mass is 16.3. The van der Waals surface area contributed by atoms with Gasteiger partial charge < -0.3 is 14.9 Å². The number of aliphatic hydroxyl groups is 1. The molecule has 2 fully saturated rings. The molecule has 0 aliphatic carbocycles. The fourth-order valence-electron chi connectivity index (χ4n) is 3.60. The lowest BCUT2D eigenvalue weighted by atomic mass is 10.0. The molecule has 0 unspecified atom stereocenters. The summed E-state index contributed by atoms with van der Waals surface area (Å²) in [5.74, 6) is -0.0256. The molecular formula is C18H25N3O3. The molecule has 1 aromatic rings. The lowest BCUT2D eigenvalue weighted by molar-refractivity contribution is -0.143. The van der Waals surface area contributed by atoms with Gasteiger partial charge >= 0.3 is 0 Å². The molecule has 2 aliphatic rings. The van der Waals surface area contributed by atoms with Gasteiger partial charge in [-0.05, 0) is 18.4 Å². The van der Waals surface area contributed by atoms with E-state index in [1.54, 1.807) is 4.90 Å². The lowest BCUT2D eigenvalue weighted by Gasteiger charge is -2.42. The summed E-state index contributed by atoms with van der Waals surface area (Å²) in [5, 5.41) is 8.95. The minimum absolute atomic E-state index is 0.0751.